The van der Waals surface area contributed by atoms with Gasteiger partial charge in [-0.1, -0.05) is 6.07 Å². The topological polar surface area (TPSA) is 64.9 Å². The Morgan fingerprint density at radius 1 is 1.19 bits per heavy atom. The van der Waals surface area contributed by atoms with Crippen molar-refractivity contribution in [3.05, 3.63) is 54.1 Å². The normalized spacial score (nSPS) is 9.71. The highest BCUT2D eigenvalue weighted by Crippen LogP contribution is 2.18. The molecule has 0 radical (unpaired) electrons. The van der Waals surface area contributed by atoms with E-state index in [1.807, 2.05) is 30.5 Å². The second kappa shape index (κ2) is 7.36. The zero-order chi connectivity index (χ0) is 15.1. The molecule has 2 N–H and O–H groups in total. The zero-order valence-electron chi connectivity index (χ0n) is 11.6. The average Bonchev–Trinajstić information content (AvgIpc) is 2.53. The quantitative estimate of drug-likeness (QED) is 0.831. The Morgan fingerprint density at radius 3 is 2.62 bits per heavy atom. The molecule has 4 nitrogen and oxygen atoms in total. The number of benzene rings is 2. The van der Waals surface area contributed by atoms with Gasteiger partial charge in [-0.05, 0) is 48.7 Å². The van der Waals surface area contributed by atoms with Crippen molar-refractivity contribution in [1.82, 2.24) is 0 Å². The molecule has 0 heterocycles. The molecule has 0 aliphatic carbocycles. The maximum Gasteiger partial charge on any atom is 0.243 e. The van der Waals surface area contributed by atoms with Crippen LogP contribution in [-0.4, -0.2) is 18.7 Å². The number of amides is 1. The van der Waals surface area contributed by atoms with Crippen molar-refractivity contribution >= 4 is 29.0 Å². The maximum atomic E-state index is 11.9. The van der Waals surface area contributed by atoms with Crippen LogP contribution >= 0.6 is 11.8 Å². The summed E-state index contributed by atoms with van der Waals surface area (Å²) in [7, 11) is 0. The van der Waals surface area contributed by atoms with E-state index in [0.29, 0.717) is 5.56 Å². The molecule has 0 unspecified atom stereocenters. The molecule has 0 saturated carbocycles. The average molecular weight is 297 g/mol. The van der Waals surface area contributed by atoms with E-state index in [4.69, 9.17) is 5.26 Å². The molecule has 0 fully saturated rings. The molecule has 5 heteroatoms. The maximum absolute atomic E-state index is 11.9. The van der Waals surface area contributed by atoms with E-state index in [1.165, 1.54) is 0 Å². The fourth-order valence-electron chi connectivity index (χ4n) is 1.75. The first-order valence-electron chi connectivity index (χ1n) is 6.39. The van der Waals surface area contributed by atoms with Crippen molar-refractivity contribution in [2.45, 2.75) is 4.90 Å². The second-order valence-corrected chi connectivity index (χ2v) is 5.20. The van der Waals surface area contributed by atoms with Crippen LogP contribution in [0, 0.1) is 11.3 Å². The van der Waals surface area contributed by atoms with Crippen LogP contribution in [0.15, 0.2) is 53.4 Å². The molecule has 0 atom stereocenters. The molecule has 1 amide bonds. The molecule has 106 valence electrons. The second-order valence-electron chi connectivity index (χ2n) is 4.32. The van der Waals surface area contributed by atoms with Crippen LogP contribution in [-0.2, 0) is 4.79 Å². The predicted molar refractivity (Wildman–Crippen MR) is 86.5 cm³/mol. The van der Waals surface area contributed by atoms with Crippen molar-refractivity contribution in [1.29, 1.82) is 5.26 Å². The van der Waals surface area contributed by atoms with Crippen LogP contribution in [0.4, 0.5) is 11.4 Å². The number of hydrogen-bond donors (Lipinski definition) is 2. The van der Waals surface area contributed by atoms with Crippen LogP contribution in [0.2, 0.25) is 0 Å². The molecule has 0 aliphatic heterocycles. The van der Waals surface area contributed by atoms with Crippen molar-refractivity contribution in [3.8, 4) is 6.07 Å². The lowest BCUT2D eigenvalue weighted by Gasteiger charge is -2.08. The summed E-state index contributed by atoms with van der Waals surface area (Å²) in [6.07, 6.45) is 1.99. The van der Waals surface area contributed by atoms with Crippen molar-refractivity contribution in [2.75, 3.05) is 23.4 Å². The van der Waals surface area contributed by atoms with E-state index < -0.39 is 0 Å². The lowest BCUT2D eigenvalue weighted by atomic mass is 10.2. The van der Waals surface area contributed by atoms with E-state index in [0.717, 1.165) is 16.3 Å². The van der Waals surface area contributed by atoms with Gasteiger partial charge in [-0.15, -0.1) is 11.8 Å². The van der Waals surface area contributed by atoms with E-state index >= 15 is 0 Å². The highest BCUT2D eigenvalue weighted by molar-refractivity contribution is 7.98. The molecule has 0 saturated heterocycles. The van der Waals surface area contributed by atoms with Gasteiger partial charge in [-0.25, -0.2) is 0 Å². The van der Waals surface area contributed by atoms with Crippen molar-refractivity contribution in [3.63, 3.8) is 0 Å². The highest BCUT2D eigenvalue weighted by Gasteiger charge is 2.03. The van der Waals surface area contributed by atoms with E-state index in [2.05, 4.69) is 16.7 Å². The van der Waals surface area contributed by atoms with Gasteiger partial charge in [0.25, 0.3) is 0 Å². The van der Waals surface area contributed by atoms with E-state index in [1.54, 1.807) is 36.0 Å². The number of carbonyl (C=O) groups is 1. The first-order chi connectivity index (χ1) is 10.2. The van der Waals surface area contributed by atoms with Crippen LogP contribution in [0.1, 0.15) is 5.56 Å². The summed E-state index contributed by atoms with van der Waals surface area (Å²) < 4.78 is 0. The molecule has 0 aromatic heterocycles. The first kappa shape index (κ1) is 14.9. The lowest BCUT2D eigenvalue weighted by molar-refractivity contribution is -0.114. The summed E-state index contributed by atoms with van der Waals surface area (Å²) in [5.74, 6) is -0.113. The van der Waals surface area contributed by atoms with E-state index in [9.17, 15) is 4.79 Å². The summed E-state index contributed by atoms with van der Waals surface area (Å²) in [5.41, 5.74) is 2.19. The van der Waals surface area contributed by atoms with Gasteiger partial charge in [0.2, 0.25) is 5.91 Å². The SMILES string of the molecule is CSc1cccc(NC(=O)CNc2ccc(C#N)cc2)c1. The minimum atomic E-state index is -0.113. The number of nitriles is 1. The van der Waals surface area contributed by atoms with Gasteiger partial charge in [0.15, 0.2) is 0 Å². The number of nitrogens with zero attached hydrogens (tertiary/aromatic N) is 1. The largest absolute Gasteiger partial charge is 0.376 e. The number of nitrogens with one attached hydrogen (secondary N) is 2. The molecular weight excluding hydrogens is 282 g/mol. The van der Waals surface area contributed by atoms with Gasteiger partial charge in [0, 0.05) is 16.3 Å². The zero-order valence-corrected chi connectivity index (χ0v) is 12.4. The summed E-state index contributed by atoms with van der Waals surface area (Å²) >= 11 is 1.63. The van der Waals surface area contributed by atoms with Gasteiger partial charge >= 0.3 is 0 Å². The molecule has 2 aromatic rings. The number of carbonyl (C=O) groups excluding carboxylic acids is 1. The van der Waals surface area contributed by atoms with Gasteiger partial charge in [-0.2, -0.15) is 5.26 Å². The molecular formula is C16H15N3OS. The monoisotopic (exact) mass is 297 g/mol. The molecule has 2 aromatic carbocycles. The number of thioether (sulfide) groups is 1. The van der Waals surface area contributed by atoms with Gasteiger partial charge < -0.3 is 10.6 Å². The molecule has 2 rings (SSSR count). The Hall–Kier alpha value is -2.45. The van der Waals surface area contributed by atoms with Gasteiger partial charge in [0.05, 0.1) is 18.2 Å². The summed E-state index contributed by atoms with van der Waals surface area (Å²) in [5, 5.41) is 14.6. The van der Waals surface area contributed by atoms with Gasteiger partial charge in [0.1, 0.15) is 0 Å². The third-order valence-corrected chi connectivity index (χ3v) is 3.55. The molecule has 0 bridgehead atoms. The highest BCUT2D eigenvalue weighted by atomic mass is 32.2. The molecule has 0 spiro atoms. The fraction of sp³-hybridized carbons (Fsp3) is 0.125. The number of hydrogen-bond acceptors (Lipinski definition) is 4. The summed E-state index contributed by atoms with van der Waals surface area (Å²) in [4.78, 5) is 13.0. The van der Waals surface area contributed by atoms with E-state index in [-0.39, 0.29) is 12.5 Å². The summed E-state index contributed by atoms with van der Waals surface area (Å²) in [6, 6.07) is 16.7. The van der Waals surface area contributed by atoms with Crippen molar-refractivity contribution < 1.29 is 4.79 Å². The van der Waals surface area contributed by atoms with Crippen LogP contribution in [0.5, 0.6) is 0 Å². The number of rotatable bonds is 5. The third-order valence-electron chi connectivity index (χ3n) is 2.82. The first-order valence-corrected chi connectivity index (χ1v) is 7.61. The third kappa shape index (κ3) is 4.55. The molecule has 21 heavy (non-hydrogen) atoms. The fourth-order valence-corrected chi connectivity index (χ4v) is 2.21. The molecule has 0 aliphatic rings. The Bertz CT molecular complexity index is 662. The van der Waals surface area contributed by atoms with Crippen molar-refractivity contribution in [2.24, 2.45) is 0 Å². The smallest absolute Gasteiger partial charge is 0.243 e. The Morgan fingerprint density at radius 2 is 1.95 bits per heavy atom. The number of anilines is 2. The Balaban J connectivity index is 1.88. The van der Waals surface area contributed by atoms with Crippen LogP contribution in [0.25, 0.3) is 0 Å². The predicted octanol–water partition coefficient (Wildman–Crippen LogP) is 3.33. The summed E-state index contributed by atoms with van der Waals surface area (Å²) in [6.45, 7) is 0.176. The Labute approximate surface area is 128 Å². The lowest BCUT2D eigenvalue weighted by Crippen LogP contribution is -2.21. The van der Waals surface area contributed by atoms with Crippen LogP contribution in [0.3, 0.4) is 0 Å². The minimum absolute atomic E-state index is 0.113. The standard InChI is InChI=1S/C16H15N3OS/c1-21-15-4-2-3-14(9-15)19-16(20)11-18-13-7-5-12(10-17)6-8-13/h2-9,18H,11H2,1H3,(H,19,20). The minimum Gasteiger partial charge on any atom is -0.376 e. The van der Waals surface area contributed by atoms with Gasteiger partial charge in [-0.3, -0.25) is 4.79 Å². The Kier molecular flexibility index (Phi) is 5.24. The van der Waals surface area contributed by atoms with Crippen LogP contribution < -0.4 is 10.6 Å².